The fourth-order valence-corrected chi connectivity index (χ4v) is 1.18. The summed E-state index contributed by atoms with van der Waals surface area (Å²) in [5.41, 5.74) is 1.10. The van der Waals surface area contributed by atoms with Crippen molar-refractivity contribution in [2.24, 2.45) is 0 Å². The van der Waals surface area contributed by atoms with Crippen LogP contribution in [0.2, 0.25) is 0 Å². The molecular weight excluding hydrogens is 176 g/mol. The van der Waals surface area contributed by atoms with Crippen LogP contribution < -0.4 is 0 Å². The van der Waals surface area contributed by atoms with Crippen molar-refractivity contribution in [1.29, 1.82) is 0 Å². The van der Waals surface area contributed by atoms with Gasteiger partial charge in [-0.2, -0.15) is 0 Å². The quantitative estimate of drug-likeness (QED) is 0.716. The Kier molecular flexibility index (Phi) is 4.33. The van der Waals surface area contributed by atoms with Crippen LogP contribution in [0.5, 0.6) is 0 Å². The summed E-state index contributed by atoms with van der Waals surface area (Å²) in [6.45, 7) is 4.16. The number of carbonyl (C=O) groups is 1. The number of ether oxygens (including phenoxy) is 1. The maximum absolute atomic E-state index is 11.2. The van der Waals surface area contributed by atoms with Gasteiger partial charge in [0.05, 0.1) is 6.61 Å². The fraction of sp³-hybridized carbons (Fsp3) is 0.417. The monoisotopic (exact) mass is 192 g/mol. The van der Waals surface area contributed by atoms with Crippen molar-refractivity contribution in [3.05, 3.63) is 35.9 Å². The molecule has 2 heteroatoms. The molecule has 1 atom stereocenters. The van der Waals surface area contributed by atoms with E-state index in [1.165, 1.54) is 0 Å². The lowest BCUT2D eigenvalue weighted by Crippen LogP contribution is -2.19. The van der Waals surface area contributed by atoms with Crippen LogP contribution in [-0.2, 0) is 16.1 Å². The van der Waals surface area contributed by atoms with Crippen molar-refractivity contribution < 1.29 is 9.53 Å². The third-order valence-corrected chi connectivity index (χ3v) is 2.14. The first-order chi connectivity index (χ1) is 6.74. The lowest BCUT2D eigenvalue weighted by molar-refractivity contribution is -0.129. The first-order valence-corrected chi connectivity index (χ1v) is 4.92. The van der Waals surface area contributed by atoms with Gasteiger partial charge in [-0.3, -0.25) is 4.79 Å². The zero-order chi connectivity index (χ0) is 10.4. The van der Waals surface area contributed by atoms with Crippen LogP contribution >= 0.6 is 0 Å². The van der Waals surface area contributed by atoms with Crippen molar-refractivity contribution >= 4 is 5.78 Å². The van der Waals surface area contributed by atoms with Gasteiger partial charge < -0.3 is 4.74 Å². The Morgan fingerprint density at radius 3 is 2.57 bits per heavy atom. The van der Waals surface area contributed by atoms with Gasteiger partial charge in [-0.05, 0) is 12.5 Å². The number of rotatable bonds is 5. The van der Waals surface area contributed by atoms with E-state index in [2.05, 4.69) is 0 Å². The molecule has 0 amide bonds. The molecule has 1 unspecified atom stereocenters. The predicted octanol–water partition coefficient (Wildman–Crippen LogP) is 2.57. The number of carbonyl (C=O) groups excluding carboxylic acids is 1. The van der Waals surface area contributed by atoms with Crippen LogP contribution in [-0.4, -0.2) is 11.9 Å². The maximum Gasteiger partial charge on any atom is 0.161 e. The normalized spacial score (nSPS) is 12.4. The second-order valence-electron chi connectivity index (χ2n) is 3.26. The Hall–Kier alpha value is -1.15. The van der Waals surface area contributed by atoms with Crippen molar-refractivity contribution in [1.82, 2.24) is 0 Å². The van der Waals surface area contributed by atoms with Crippen LogP contribution in [0.1, 0.15) is 25.8 Å². The average Bonchev–Trinajstić information content (AvgIpc) is 2.26. The molecule has 2 nitrogen and oxygen atoms in total. The molecule has 0 aliphatic rings. The number of hydrogen-bond acceptors (Lipinski definition) is 2. The lowest BCUT2D eigenvalue weighted by Gasteiger charge is -2.10. The highest BCUT2D eigenvalue weighted by atomic mass is 16.5. The Bertz CT molecular complexity index is 280. The largest absolute Gasteiger partial charge is 0.366 e. The highest BCUT2D eigenvalue weighted by molar-refractivity contribution is 5.82. The Morgan fingerprint density at radius 2 is 2.00 bits per heavy atom. The van der Waals surface area contributed by atoms with Gasteiger partial charge in [-0.1, -0.05) is 37.3 Å². The van der Waals surface area contributed by atoms with Gasteiger partial charge in [-0.25, -0.2) is 0 Å². The Balaban J connectivity index is 2.38. The number of benzene rings is 1. The van der Waals surface area contributed by atoms with Crippen LogP contribution in [0.15, 0.2) is 30.3 Å². The molecule has 0 aliphatic carbocycles. The molecular formula is C12H16O2. The molecule has 0 fully saturated rings. The van der Waals surface area contributed by atoms with Crippen LogP contribution in [0, 0.1) is 0 Å². The topological polar surface area (TPSA) is 26.3 Å². The summed E-state index contributed by atoms with van der Waals surface area (Å²) in [7, 11) is 0. The molecule has 0 heterocycles. The minimum atomic E-state index is -0.291. The molecule has 1 aromatic rings. The van der Waals surface area contributed by atoms with E-state index in [0.29, 0.717) is 13.0 Å². The standard InChI is InChI=1S/C12H16O2/c1-3-12(13)10(2)14-9-11-7-5-4-6-8-11/h4-8,10H,3,9H2,1-2H3. The van der Waals surface area contributed by atoms with Crippen molar-refractivity contribution in [2.45, 2.75) is 33.0 Å². The average molecular weight is 192 g/mol. The predicted molar refractivity (Wildman–Crippen MR) is 56.0 cm³/mol. The van der Waals surface area contributed by atoms with Gasteiger partial charge in [0.15, 0.2) is 5.78 Å². The molecule has 14 heavy (non-hydrogen) atoms. The smallest absolute Gasteiger partial charge is 0.161 e. The number of Topliss-reactive ketones (excluding diaryl/α,β-unsaturated/α-hetero) is 1. The lowest BCUT2D eigenvalue weighted by atomic mass is 10.2. The van der Waals surface area contributed by atoms with E-state index in [9.17, 15) is 4.79 Å². The molecule has 0 bridgehead atoms. The Labute approximate surface area is 84.9 Å². The summed E-state index contributed by atoms with van der Waals surface area (Å²) < 4.78 is 5.43. The summed E-state index contributed by atoms with van der Waals surface area (Å²) in [6.07, 6.45) is 0.246. The zero-order valence-corrected chi connectivity index (χ0v) is 8.69. The van der Waals surface area contributed by atoms with Gasteiger partial charge in [0, 0.05) is 6.42 Å². The highest BCUT2D eigenvalue weighted by Gasteiger charge is 2.10. The van der Waals surface area contributed by atoms with Crippen molar-refractivity contribution in [3.63, 3.8) is 0 Å². The van der Waals surface area contributed by atoms with E-state index in [-0.39, 0.29) is 11.9 Å². The minimum Gasteiger partial charge on any atom is -0.366 e. The first kappa shape index (κ1) is 10.9. The fourth-order valence-electron chi connectivity index (χ4n) is 1.18. The zero-order valence-electron chi connectivity index (χ0n) is 8.69. The molecule has 0 saturated heterocycles. The molecule has 1 rings (SSSR count). The third-order valence-electron chi connectivity index (χ3n) is 2.14. The van der Waals surface area contributed by atoms with E-state index >= 15 is 0 Å². The van der Waals surface area contributed by atoms with E-state index in [0.717, 1.165) is 5.56 Å². The molecule has 1 aromatic carbocycles. The SMILES string of the molecule is CCC(=O)C(C)OCc1ccccc1. The summed E-state index contributed by atoms with van der Waals surface area (Å²) >= 11 is 0. The van der Waals surface area contributed by atoms with Crippen molar-refractivity contribution in [2.75, 3.05) is 0 Å². The van der Waals surface area contributed by atoms with Gasteiger partial charge >= 0.3 is 0 Å². The van der Waals surface area contributed by atoms with Crippen LogP contribution in [0.25, 0.3) is 0 Å². The van der Waals surface area contributed by atoms with Crippen LogP contribution in [0.3, 0.4) is 0 Å². The Morgan fingerprint density at radius 1 is 1.36 bits per heavy atom. The molecule has 0 radical (unpaired) electrons. The van der Waals surface area contributed by atoms with E-state index in [1.54, 1.807) is 6.92 Å². The van der Waals surface area contributed by atoms with E-state index in [1.807, 2.05) is 37.3 Å². The van der Waals surface area contributed by atoms with Crippen molar-refractivity contribution in [3.8, 4) is 0 Å². The third kappa shape index (κ3) is 3.30. The highest BCUT2D eigenvalue weighted by Crippen LogP contribution is 2.04. The van der Waals surface area contributed by atoms with Gasteiger partial charge in [-0.15, -0.1) is 0 Å². The second-order valence-corrected chi connectivity index (χ2v) is 3.26. The molecule has 76 valence electrons. The molecule has 0 spiro atoms. The summed E-state index contributed by atoms with van der Waals surface area (Å²) in [5.74, 6) is 0.154. The number of ketones is 1. The second kappa shape index (κ2) is 5.55. The van der Waals surface area contributed by atoms with E-state index < -0.39 is 0 Å². The minimum absolute atomic E-state index is 0.154. The molecule has 0 aromatic heterocycles. The van der Waals surface area contributed by atoms with Gasteiger partial charge in [0.25, 0.3) is 0 Å². The van der Waals surface area contributed by atoms with Crippen LogP contribution in [0.4, 0.5) is 0 Å². The molecule has 0 saturated carbocycles. The number of hydrogen-bond donors (Lipinski definition) is 0. The maximum atomic E-state index is 11.2. The summed E-state index contributed by atoms with van der Waals surface area (Å²) in [4.78, 5) is 11.2. The first-order valence-electron chi connectivity index (χ1n) is 4.92. The van der Waals surface area contributed by atoms with E-state index in [4.69, 9.17) is 4.74 Å². The van der Waals surface area contributed by atoms with Gasteiger partial charge in [0.1, 0.15) is 6.10 Å². The summed E-state index contributed by atoms with van der Waals surface area (Å²) in [5, 5.41) is 0. The molecule has 0 N–H and O–H groups in total. The van der Waals surface area contributed by atoms with Gasteiger partial charge in [0.2, 0.25) is 0 Å². The molecule has 0 aliphatic heterocycles. The summed E-state index contributed by atoms with van der Waals surface area (Å²) in [6, 6.07) is 9.87.